The lowest BCUT2D eigenvalue weighted by atomic mass is 10.8. The van der Waals surface area contributed by atoms with Gasteiger partial charge in [-0.05, 0) is 0 Å². The minimum atomic E-state index is 0. The molecule has 0 atom stereocenters. The van der Waals surface area contributed by atoms with Crippen molar-refractivity contribution in [2.45, 2.75) is 6.92 Å². The average Bonchev–Trinajstić information content (AvgIpc) is 1.86. The van der Waals surface area contributed by atoms with Crippen molar-refractivity contribution in [3.05, 3.63) is 0 Å². The Morgan fingerprint density at radius 1 is 1.71 bits per heavy atom. The van der Waals surface area contributed by atoms with Crippen LogP contribution < -0.4 is 29.0 Å². The molecule has 0 unspecified atom stereocenters. The van der Waals surface area contributed by atoms with E-state index in [9.17, 15) is 0 Å². The summed E-state index contributed by atoms with van der Waals surface area (Å²) >= 11 is 1.90. The molecule has 0 saturated carbocycles. The van der Waals surface area contributed by atoms with Gasteiger partial charge in [-0.2, -0.15) is 0 Å². The van der Waals surface area contributed by atoms with Crippen LogP contribution in [0.4, 0.5) is 0 Å². The summed E-state index contributed by atoms with van der Waals surface area (Å²) in [7, 11) is 0. The number of halogens is 1. The first-order valence-electron chi connectivity index (χ1n) is 2.10. The Bertz CT molecular complexity index is 81.8. The number of hydrogen-bond acceptors (Lipinski definition) is 1. The van der Waals surface area contributed by atoms with Crippen LogP contribution in [0.25, 0.3) is 0 Å². The SMILES string of the molecule is CC1=[NH+]CCS1.[I-]. The summed E-state index contributed by atoms with van der Waals surface area (Å²) in [6, 6.07) is 0. The Morgan fingerprint density at radius 2 is 2.43 bits per heavy atom. The molecule has 1 nitrogen and oxygen atoms in total. The molecule has 0 fully saturated rings. The molecule has 0 aromatic carbocycles. The lowest BCUT2D eigenvalue weighted by Crippen LogP contribution is -3.00. The number of rotatable bonds is 0. The van der Waals surface area contributed by atoms with Gasteiger partial charge < -0.3 is 24.0 Å². The summed E-state index contributed by atoms with van der Waals surface area (Å²) in [6.07, 6.45) is 0. The van der Waals surface area contributed by atoms with Crippen LogP contribution >= 0.6 is 11.8 Å². The Labute approximate surface area is 65.0 Å². The summed E-state index contributed by atoms with van der Waals surface area (Å²) in [5, 5.41) is 1.37. The fraction of sp³-hybridized carbons (Fsp3) is 0.750. The van der Waals surface area contributed by atoms with E-state index < -0.39 is 0 Å². The molecule has 1 rings (SSSR count). The predicted molar refractivity (Wildman–Crippen MR) is 29.0 cm³/mol. The summed E-state index contributed by atoms with van der Waals surface area (Å²) in [4.78, 5) is 3.20. The summed E-state index contributed by atoms with van der Waals surface area (Å²) < 4.78 is 0. The number of hydrogen-bond donors (Lipinski definition) is 1. The quantitative estimate of drug-likeness (QED) is 0.421. The van der Waals surface area contributed by atoms with Crippen LogP contribution in [0.15, 0.2) is 0 Å². The molecule has 7 heavy (non-hydrogen) atoms. The first kappa shape index (κ1) is 7.75. The van der Waals surface area contributed by atoms with E-state index in [-0.39, 0.29) is 24.0 Å². The predicted octanol–water partition coefficient (Wildman–Crippen LogP) is -3.76. The zero-order valence-electron chi connectivity index (χ0n) is 4.20. The van der Waals surface area contributed by atoms with Crippen LogP contribution in [-0.4, -0.2) is 17.3 Å². The Hall–Kier alpha value is 0.750. The van der Waals surface area contributed by atoms with Crippen molar-refractivity contribution in [3.8, 4) is 0 Å². The molecule has 0 aliphatic carbocycles. The molecular formula is C4H8INS. The summed E-state index contributed by atoms with van der Waals surface area (Å²) in [6.45, 7) is 3.27. The minimum absolute atomic E-state index is 0. The molecule has 1 heterocycles. The summed E-state index contributed by atoms with van der Waals surface area (Å²) in [5.41, 5.74) is 0. The van der Waals surface area contributed by atoms with Crippen LogP contribution in [0.5, 0.6) is 0 Å². The Morgan fingerprint density at radius 3 is 2.57 bits per heavy atom. The molecular weight excluding hydrogens is 221 g/mol. The van der Waals surface area contributed by atoms with Gasteiger partial charge in [0.25, 0.3) is 0 Å². The molecule has 0 aromatic rings. The highest BCUT2D eigenvalue weighted by Gasteiger charge is 2.05. The average molecular weight is 229 g/mol. The molecule has 1 aliphatic heterocycles. The van der Waals surface area contributed by atoms with Crippen molar-refractivity contribution in [1.29, 1.82) is 0 Å². The third-order valence-electron chi connectivity index (χ3n) is 0.795. The maximum Gasteiger partial charge on any atom is 0.206 e. The van der Waals surface area contributed by atoms with Crippen LogP contribution in [0.3, 0.4) is 0 Å². The van der Waals surface area contributed by atoms with E-state index >= 15 is 0 Å². The van der Waals surface area contributed by atoms with Crippen LogP contribution in [0.2, 0.25) is 0 Å². The van der Waals surface area contributed by atoms with Gasteiger partial charge in [0.1, 0.15) is 0 Å². The highest BCUT2D eigenvalue weighted by Crippen LogP contribution is 1.97. The van der Waals surface area contributed by atoms with Crippen molar-refractivity contribution in [1.82, 2.24) is 0 Å². The maximum atomic E-state index is 3.20. The van der Waals surface area contributed by atoms with Gasteiger partial charge in [-0.25, -0.2) is 4.99 Å². The van der Waals surface area contributed by atoms with Crippen LogP contribution in [0.1, 0.15) is 6.92 Å². The van der Waals surface area contributed by atoms with Crippen molar-refractivity contribution < 1.29 is 29.0 Å². The van der Waals surface area contributed by atoms with Gasteiger partial charge in [0, 0.05) is 6.92 Å². The van der Waals surface area contributed by atoms with Crippen molar-refractivity contribution in [3.63, 3.8) is 0 Å². The molecule has 0 aromatic heterocycles. The Kier molecular flexibility index (Phi) is 4.11. The first-order chi connectivity index (χ1) is 2.89. The van der Waals surface area contributed by atoms with E-state index in [1.54, 1.807) is 0 Å². The molecule has 0 bridgehead atoms. The van der Waals surface area contributed by atoms with E-state index in [2.05, 4.69) is 11.9 Å². The molecule has 1 aliphatic rings. The fourth-order valence-corrected chi connectivity index (χ4v) is 1.20. The molecule has 3 heteroatoms. The van der Waals surface area contributed by atoms with E-state index in [1.165, 1.54) is 10.8 Å². The topological polar surface area (TPSA) is 14.0 Å². The number of nitrogens with one attached hydrogen (secondary N) is 1. The normalized spacial score (nSPS) is 18.1. The smallest absolute Gasteiger partial charge is 0.206 e. The molecule has 0 spiro atoms. The third-order valence-corrected chi connectivity index (χ3v) is 1.78. The molecule has 0 saturated heterocycles. The Balaban J connectivity index is 0.000000360. The van der Waals surface area contributed by atoms with Gasteiger partial charge in [0.05, 0.1) is 5.75 Å². The zero-order chi connectivity index (χ0) is 4.41. The molecule has 0 amide bonds. The van der Waals surface area contributed by atoms with Crippen molar-refractivity contribution in [2.75, 3.05) is 12.3 Å². The highest BCUT2D eigenvalue weighted by atomic mass is 127. The standard InChI is InChI=1S/C4H7NS.HI/c1-4-5-2-3-6-4;/h2-3H2,1H3;1H. The second kappa shape index (κ2) is 3.72. The van der Waals surface area contributed by atoms with E-state index in [0.29, 0.717) is 0 Å². The third kappa shape index (κ3) is 2.54. The zero-order valence-corrected chi connectivity index (χ0v) is 7.17. The second-order valence-electron chi connectivity index (χ2n) is 1.33. The van der Waals surface area contributed by atoms with Gasteiger partial charge >= 0.3 is 0 Å². The molecule has 1 N–H and O–H groups in total. The van der Waals surface area contributed by atoms with Gasteiger partial charge in [0.2, 0.25) is 5.04 Å². The van der Waals surface area contributed by atoms with Gasteiger partial charge in [-0.15, -0.1) is 0 Å². The number of thioether (sulfide) groups is 1. The fourth-order valence-electron chi connectivity index (χ4n) is 0.482. The minimum Gasteiger partial charge on any atom is -1.00 e. The lowest BCUT2D eigenvalue weighted by Gasteiger charge is -1.68. The summed E-state index contributed by atoms with van der Waals surface area (Å²) in [5.74, 6) is 1.26. The van der Waals surface area contributed by atoms with Crippen LogP contribution in [-0.2, 0) is 0 Å². The van der Waals surface area contributed by atoms with Crippen LogP contribution in [0, 0.1) is 0 Å². The van der Waals surface area contributed by atoms with Gasteiger partial charge in [-0.3, -0.25) is 0 Å². The largest absolute Gasteiger partial charge is 1.00 e. The molecule has 42 valence electrons. The van der Waals surface area contributed by atoms with Gasteiger partial charge in [-0.1, -0.05) is 11.8 Å². The van der Waals surface area contributed by atoms with Crippen molar-refractivity contribution in [2.24, 2.45) is 0 Å². The second-order valence-corrected chi connectivity index (χ2v) is 2.64. The molecule has 0 radical (unpaired) electrons. The van der Waals surface area contributed by atoms with E-state index in [1.807, 2.05) is 11.8 Å². The first-order valence-corrected chi connectivity index (χ1v) is 3.08. The van der Waals surface area contributed by atoms with E-state index in [0.717, 1.165) is 6.54 Å². The monoisotopic (exact) mass is 229 g/mol. The van der Waals surface area contributed by atoms with Gasteiger partial charge in [0.15, 0.2) is 6.54 Å². The highest BCUT2D eigenvalue weighted by molar-refractivity contribution is 8.13. The van der Waals surface area contributed by atoms with E-state index in [4.69, 9.17) is 0 Å². The lowest BCUT2D eigenvalue weighted by molar-refractivity contribution is -0.444. The maximum absolute atomic E-state index is 3.20. The van der Waals surface area contributed by atoms with Crippen molar-refractivity contribution >= 4 is 16.8 Å².